The van der Waals surface area contributed by atoms with Crippen LogP contribution in [0.25, 0.3) is 11.6 Å². The Morgan fingerprint density at radius 1 is 1.00 bits per heavy atom. The summed E-state index contributed by atoms with van der Waals surface area (Å²) in [5.41, 5.74) is 7.09. The molecule has 0 spiro atoms. The van der Waals surface area contributed by atoms with Crippen molar-refractivity contribution in [2.24, 2.45) is 5.73 Å². The molecule has 0 atom stereocenters. The van der Waals surface area contributed by atoms with Crippen molar-refractivity contribution in [3.05, 3.63) is 106 Å². The summed E-state index contributed by atoms with van der Waals surface area (Å²) in [6.07, 6.45) is -3.11. The summed E-state index contributed by atoms with van der Waals surface area (Å²) in [5.74, 6) is -1.17. The molecule has 0 radical (unpaired) electrons. The second-order valence-electron chi connectivity index (χ2n) is 10.2. The molecule has 3 amide bonds. The smallest absolute Gasteiger partial charge is 0.416 e. The Morgan fingerprint density at radius 2 is 1.72 bits per heavy atom. The first-order valence-electron chi connectivity index (χ1n) is 13.9. The van der Waals surface area contributed by atoms with Gasteiger partial charge in [-0.05, 0) is 74.9 Å². The van der Waals surface area contributed by atoms with Gasteiger partial charge in [0.25, 0.3) is 11.8 Å². The van der Waals surface area contributed by atoms with Crippen LogP contribution in [0.1, 0.15) is 55.7 Å². The van der Waals surface area contributed by atoms with Gasteiger partial charge in [0.05, 0.1) is 34.7 Å². The second kappa shape index (κ2) is 12.3. The maximum atomic E-state index is 13.1. The highest BCUT2D eigenvalue weighted by Crippen LogP contribution is 2.38. The minimum atomic E-state index is -4.59. The number of rotatable bonds is 7. The van der Waals surface area contributed by atoms with E-state index < -0.39 is 35.6 Å². The van der Waals surface area contributed by atoms with Gasteiger partial charge in [-0.1, -0.05) is 12.1 Å². The van der Waals surface area contributed by atoms with E-state index in [1.165, 1.54) is 18.2 Å². The maximum absolute atomic E-state index is 13.1. The van der Waals surface area contributed by atoms with Crippen molar-refractivity contribution in [1.29, 1.82) is 0 Å². The Kier molecular flexibility index (Phi) is 8.42. The lowest BCUT2D eigenvalue weighted by atomic mass is 10.0. The number of nitrogens with one attached hydrogen (secondary N) is 2. The zero-order valence-electron chi connectivity index (χ0n) is 24.7. The average molecular weight is 633 g/mol. The molecular weight excluding hydrogens is 605 g/mol. The third-order valence-electron chi connectivity index (χ3n) is 7.23. The van der Waals surface area contributed by atoms with Crippen LogP contribution in [0.4, 0.5) is 29.3 Å². The second-order valence-corrected chi connectivity index (χ2v) is 10.2. The highest BCUT2D eigenvalue weighted by atomic mass is 19.4. The van der Waals surface area contributed by atoms with Crippen molar-refractivity contribution >= 4 is 46.8 Å². The van der Waals surface area contributed by atoms with Crippen LogP contribution >= 0.6 is 0 Å². The highest BCUT2D eigenvalue weighted by molar-refractivity contribution is 6.35. The van der Waals surface area contributed by atoms with E-state index in [0.29, 0.717) is 28.3 Å². The number of amides is 3. The van der Waals surface area contributed by atoms with E-state index in [1.807, 2.05) is 0 Å². The van der Waals surface area contributed by atoms with Gasteiger partial charge in [-0.2, -0.15) is 13.2 Å². The van der Waals surface area contributed by atoms with E-state index in [9.17, 15) is 32.3 Å². The zero-order valence-corrected chi connectivity index (χ0v) is 24.7. The topological polar surface area (TPSA) is 142 Å². The SMILES string of the molecule is CCOC(=O)c1c(C)c(C=C2C(=O)Nc3cc(Oc4cccc(NC(=O)c5cccc(C(F)(F)F)c5)c4)ccc32)n(C(N)=O)c1C. The Hall–Kier alpha value is -5.85. The van der Waals surface area contributed by atoms with Crippen molar-refractivity contribution in [3.8, 4) is 11.5 Å². The number of nitrogens with zero attached hydrogens (tertiary/aromatic N) is 1. The fourth-order valence-electron chi connectivity index (χ4n) is 5.15. The molecule has 2 heterocycles. The van der Waals surface area contributed by atoms with Crippen molar-refractivity contribution in [1.82, 2.24) is 4.57 Å². The van der Waals surface area contributed by atoms with E-state index in [0.717, 1.165) is 22.8 Å². The predicted molar refractivity (Wildman–Crippen MR) is 164 cm³/mol. The van der Waals surface area contributed by atoms with E-state index in [4.69, 9.17) is 15.2 Å². The lowest BCUT2D eigenvalue weighted by molar-refractivity contribution is -0.137. The quantitative estimate of drug-likeness (QED) is 0.152. The molecule has 4 aromatic rings. The normalized spacial score (nSPS) is 13.3. The number of fused-ring (bicyclic) bond motifs is 1. The molecule has 46 heavy (non-hydrogen) atoms. The summed E-state index contributed by atoms with van der Waals surface area (Å²) in [5, 5.41) is 5.32. The van der Waals surface area contributed by atoms with Gasteiger partial charge in [0, 0.05) is 34.6 Å². The first-order chi connectivity index (χ1) is 21.8. The number of primary amides is 1. The summed E-state index contributed by atoms with van der Waals surface area (Å²) in [6, 6.07) is 14.3. The van der Waals surface area contributed by atoms with Crippen LogP contribution in [0.15, 0.2) is 66.7 Å². The lowest BCUT2D eigenvalue weighted by Gasteiger charge is -2.11. The number of anilines is 2. The van der Waals surface area contributed by atoms with Crippen molar-refractivity contribution in [3.63, 3.8) is 0 Å². The van der Waals surface area contributed by atoms with E-state index in [2.05, 4.69) is 10.6 Å². The molecule has 1 aromatic heterocycles. The molecule has 1 aliphatic heterocycles. The van der Waals surface area contributed by atoms with Gasteiger partial charge < -0.3 is 25.8 Å². The molecule has 4 N–H and O–H groups in total. The number of aromatic nitrogens is 1. The summed E-state index contributed by atoms with van der Waals surface area (Å²) in [7, 11) is 0. The van der Waals surface area contributed by atoms with Crippen LogP contribution in [0.2, 0.25) is 0 Å². The van der Waals surface area contributed by atoms with Crippen molar-refractivity contribution in [2.75, 3.05) is 17.2 Å². The first kappa shape index (κ1) is 31.6. The predicted octanol–water partition coefficient (Wildman–Crippen LogP) is 6.76. The fourth-order valence-corrected chi connectivity index (χ4v) is 5.15. The van der Waals surface area contributed by atoms with E-state index >= 15 is 0 Å². The number of benzene rings is 3. The fraction of sp³-hybridized carbons (Fsp3) is 0.152. The summed E-state index contributed by atoms with van der Waals surface area (Å²) >= 11 is 0. The van der Waals surface area contributed by atoms with Gasteiger partial charge in [0.2, 0.25) is 0 Å². The molecule has 5 rings (SSSR count). The lowest BCUT2D eigenvalue weighted by Crippen LogP contribution is -2.22. The maximum Gasteiger partial charge on any atom is 0.416 e. The van der Waals surface area contributed by atoms with Crippen LogP contribution in [0.5, 0.6) is 11.5 Å². The number of hydrogen-bond acceptors (Lipinski definition) is 6. The third kappa shape index (κ3) is 6.20. The average Bonchev–Trinajstić information content (AvgIpc) is 3.43. The molecule has 0 fully saturated rings. The van der Waals surface area contributed by atoms with Gasteiger partial charge in [0.1, 0.15) is 11.5 Å². The van der Waals surface area contributed by atoms with Crippen LogP contribution in [0, 0.1) is 13.8 Å². The van der Waals surface area contributed by atoms with Crippen LogP contribution in [0.3, 0.4) is 0 Å². The number of hydrogen-bond donors (Lipinski definition) is 3. The van der Waals surface area contributed by atoms with Gasteiger partial charge in [0.15, 0.2) is 0 Å². The van der Waals surface area contributed by atoms with E-state index in [1.54, 1.807) is 57.2 Å². The number of ether oxygens (including phenoxy) is 2. The molecule has 0 saturated carbocycles. The van der Waals surface area contributed by atoms with Gasteiger partial charge in [-0.25, -0.2) is 9.59 Å². The van der Waals surface area contributed by atoms with Crippen LogP contribution in [-0.2, 0) is 15.7 Å². The van der Waals surface area contributed by atoms with Crippen LogP contribution in [-0.4, -0.2) is 35.0 Å². The minimum absolute atomic E-state index is 0.134. The number of nitrogens with two attached hydrogens (primary N) is 1. The monoisotopic (exact) mass is 632 g/mol. The molecule has 0 bridgehead atoms. The molecular formula is C33H27F3N4O6. The van der Waals surface area contributed by atoms with Crippen LogP contribution < -0.4 is 21.1 Å². The molecule has 1 aliphatic rings. The highest BCUT2D eigenvalue weighted by Gasteiger charge is 2.31. The summed E-state index contributed by atoms with van der Waals surface area (Å²) in [6.45, 7) is 4.98. The zero-order chi connectivity index (χ0) is 33.3. The molecule has 10 nitrogen and oxygen atoms in total. The number of carbonyl (C=O) groups is 4. The van der Waals surface area contributed by atoms with Crippen molar-refractivity contribution < 1.29 is 41.8 Å². The Labute approximate surface area is 260 Å². The van der Waals surface area contributed by atoms with Crippen molar-refractivity contribution in [2.45, 2.75) is 26.9 Å². The molecule has 0 unspecified atom stereocenters. The summed E-state index contributed by atoms with van der Waals surface area (Å²) < 4.78 is 51.4. The molecule has 236 valence electrons. The largest absolute Gasteiger partial charge is 0.462 e. The third-order valence-corrected chi connectivity index (χ3v) is 7.23. The Morgan fingerprint density at radius 3 is 2.41 bits per heavy atom. The standard InChI is InChI=1S/C33H27F3N4O6/c1-4-45-31(43)28-17(2)27(40(18(28)3)32(37)44)16-25-24-12-11-23(15-26(24)39-30(25)42)46-22-10-6-9-21(14-22)38-29(41)19-7-5-8-20(13-19)33(34,35)36/h5-16H,4H2,1-3H3,(H2,37,44)(H,38,41)(H,39,42). The molecule has 0 aliphatic carbocycles. The first-order valence-corrected chi connectivity index (χ1v) is 13.9. The molecule has 0 saturated heterocycles. The summed E-state index contributed by atoms with van der Waals surface area (Å²) in [4.78, 5) is 50.6. The number of alkyl halides is 3. The van der Waals surface area contributed by atoms with Gasteiger partial charge in [-0.15, -0.1) is 0 Å². The van der Waals surface area contributed by atoms with E-state index in [-0.39, 0.29) is 40.4 Å². The Balaban J connectivity index is 1.38. The molecule has 3 aromatic carbocycles. The number of halogens is 3. The minimum Gasteiger partial charge on any atom is -0.462 e. The van der Waals surface area contributed by atoms with Gasteiger partial charge in [-0.3, -0.25) is 14.2 Å². The molecule has 13 heteroatoms. The number of carbonyl (C=O) groups excluding carboxylic acids is 4. The number of esters is 1. The van der Waals surface area contributed by atoms with Gasteiger partial charge >= 0.3 is 18.2 Å². The Bertz CT molecular complexity index is 1940.